The molecule has 0 aromatic heterocycles. The number of allylic oxidation sites excluding steroid dienone is 5. The largest absolute Gasteiger partial charge is 0.549 e. The lowest BCUT2D eigenvalue weighted by Crippen LogP contribution is -2.39. The van der Waals surface area contributed by atoms with Crippen LogP contribution in [0.25, 0.3) is 0 Å². The first-order chi connectivity index (χ1) is 7.17. The van der Waals surface area contributed by atoms with E-state index in [0.29, 0.717) is 0 Å². The van der Waals surface area contributed by atoms with Gasteiger partial charge < -0.3 is 4.43 Å². The fourth-order valence-corrected chi connectivity index (χ4v) is 1.52. The van der Waals surface area contributed by atoms with Gasteiger partial charge in [0.2, 0.25) is 8.32 Å². The van der Waals surface area contributed by atoms with Gasteiger partial charge in [0, 0.05) is 0 Å². The maximum atomic E-state index is 5.89. The highest BCUT2D eigenvalue weighted by Gasteiger charge is 2.37. The molecule has 0 saturated carbocycles. The Morgan fingerprint density at radius 3 is 2.00 bits per heavy atom. The van der Waals surface area contributed by atoms with Crippen LogP contribution in [0.5, 0.6) is 0 Å². The second-order valence-corrected chi connectivity index (χ2v) is 10.6. The molecule has 1 nitrogen and oxygen atoms in total. The van der Waals surface area contributed by atoms with E-state index in [4.69, 9.17) is 4.43 Å². The van der Waals surface area contributed by atoms with E-state index in [9.17, 15) is 0 Å². The van der Waals surface area contributed by atoms with Gasteiger partial charge in [0.05, 0.1) is 6.26 Å². The van der Waals surface area contributed by atoms with E-state index >= 15 is 0 Å². The molecule has 0 heterocycles. The highest BCUT2D eigenvalue weighted by Crippen LogP contribution is 2.36. The summed E-state index contributed by atoms with van der Waals surface area (Å²) < 4.78 is 5.89. The van der Waals surface area contributed by atoms with Crippen LogP contribution in [0.15, 0.2) is 36.1 Å². The molecule has 0 saturated heterocycles. The summed E-state index contributed by atoms with van der Waals surface area (Å²) in [7, 11) is -1.62. The van der Waals surface area contributed by atoms with Crippen LogP contribution in [0, 0.1) is 0 Å². The third kappa shape index (κ3) is 5.96. The molecule has 2 heteroatoms. The summed E-state index contributed by atoms with van der Waals surface area (Å²) in [6.45, 7) is 15.4. The lowest BCUT2D eigenvalue weighted by atomic mass is 10.2. The summed E-state index contributed by atoms with van der Waals surface area (Å²) >= 11 is 0. The summed E-state index contributed by atoms with van der Waals surface area (Å²) in [6.07, 6.45) is 9.89. The van der Waals surface area contributed by atoms with Crippen molar-refractivity contribution in [1.29, 1.82) is 0 Å². The van der Waals surface area contributed by atoms with E-state index in [2.05, 4.69) is 53.8 Å². The molecule has 0 aliphatic heterocycles. The lowest BCUT2D eigenvalue weighted by Gasteiger charge is -2.34. The van der Waals surface area contributed by atoms with Crippen LogP contribution < -0.4 is 0 Å². The van der Waals surface area contributed by atoms with Crippen LogP contribution in [-0.2, 0) is 4.43 Å². The second-order valence-electron chi connectivity index (χ2n) is 5.84. The minimum absolute atomic E-state index is 0.265. The SMILES string of the molecule is CC(C)=C/C=C/C=C\O[Si](C)(C)C(C)(C)C. The van der Waals surface area contributed by atoms with E-state index in [-0.39, 0.29) is 5.04 Å². The minimum Gasteiger partial charge on any atom is -0.549 e. The molecule has 16 heavy (non-hydrogen) atoms. The van der Waals surface area contributed by atoms with Gasteiger partial charge in [-0.15, -0.1) is 0 Å². The van der Waals surface area contributed by atoms with Gasteiger partial charge in [0.25, 0.3) is 0 Å². The molecule has 0 aromatic rings. The van der Waals surface area contributed by atoms with Crippen molar-refractivity contribution >= 4 is 8.32 Å². The van der Waals surface area contributed by atoms with Crippen LogP contribution in [-0.4, -0.2) is 8.32 Å². The van der Waals surface area contributed by atoms with E-state index in [1.54, 1.807) is 0 Å². The Kier molecular flexibility index (Phi) is 5.80. The molecule has 0 unspecified atom stereocenters. The smallest absolute Gasteiger partial charge is 0.249 e. The van der Waals surface area contributed by atoms with Crippen LogP contribution in [0.4, 0.5) is 0 Å². The van der Waals surface area contributed by atoms with Crippen molar-refractivity contribution in [2.45, 2.75) is 52.8 Å². The third-order valence-electron chi connectivity index (χ3n) is 2.90. The zero-order valence-electron chi connectivity index (χ0n) is 11.8. The molecule has 0 fully saturated rings. The van der Waals surface area contributed by atoms with Gasteiger partial charge in [-0.05, 0) is 38.1 Å². The van der Waals surface area contributed by atoms with Gasteiger partial charge in [-0.2, -0.15) is 0 Å². The van der Waals surface area contributed by atoms with Crippen molar-refractivity contribution in [3.05, 3.63) is 36.1 Å². The van der Waals surface area contributed by atoms with Crippen molar-refractivity contribution < 1.29 is 4.43 Å². The average Bonchev–Trinajstić information content (AvgIpc) is 2.08. The molecule has 0 aliphatic rings. The summed E-state index contributed by atoms with van der Waals surface area (Å²) in [5.41, 5.74) is 1.30. The first kappa shape index (κ1) is 15.2. The fraction of sp³-hybridized carbons (Fsp3) is 0.571. The first-order valence-electron chi connectivity index (χ1n) is 5.81. The molecule has 0 aliphatic carbocycles. The van der Waals surface area contributed by atoms with Crippen LogP contribution in [0.2, 0.25) is 18.1 Å². The molecule has 0 N–H and O–H groups in total. The topological polar surface area (TPSA) is 9.23 Å². The van der Waals surface area contributed by atoms with Crippen molar-refractivity contribution in [2.24, 2.45) is 0 Å². The quantitative estimate of drug-likeness (QED) is 0.378. The molecule has 0 bridgehead atoms. The van der Waals surface area contributed by atoms with Gasteiger partial charge in [-0.1, -0.05) is 44.6 Å². The Labute approximate surface area is 102 Å². The molecular weight excluding hydrogens is 212 g/mol. The number of hydrogen-bond donors (Lipinski definition) is 0. The standard InChI is InChI=1S/C14H26OSi/c1-13(2)11-9-8-10-12-15-16(6,7)14(3,4)5/h8-12H,1-7H3/b9-8+,12-10-. The Bertz CT molecular complexity index is 286. The van der Waals surface area contributed by atoms with Crippen molar-refractivity contribution in [2.75, 3.05) is 0 Å². The van der Waals surface area contributed by atoms with Gasteiger partial charge in [-0.3, -0.25) is 0 Å². The normalized spacial score (nSPS) is 13.4. The third-order valence-corrected chi connectivity index (χ3v) is 7.24. The van der Waals surface area contributed by atoms with Gasteiger partial charge in [0.15, 0.2) is 0 Å². The molecule has 0 spiro atoms. The minimum atomic E-state index is -1.62. The fourth-order valence-electron chi connectivity index (χ4n) is 0.744. The first-order valence-corrected chi connectivity index (χ1v) is 8.72. The van der Waals surface area contributed by atoms with Gasteiger partial charge in [-0.25, -0.2) is 0 Å². The molecule has 0 rings (SSSR count). The Morgan fingerprint density at radius 2 is 1.56 bits per heavy atom. The van der Waals surface area contributed by atoms with Crippen LogP contribution in [0.1, 0.15) is 34.6 Å². The summed E-state index contributed by atoms with van der Waals surface area (Å²) in [4.78, 5) is 0. The number of hydrogen-bond acceptors (Lipinski definition) is 1. The molecule has 92 valence electrons. The summed E-state index contributed by atoms with van der Waals surface area (Å²) in [5.74, 6) is 0. The summed E-state index contributed by atoms with van der Waals surface area (Å²) in [6, 6.07) is 0. The zero-order chi connectivity index (χ0) is 12.8. The predicted molar refractivity (Wildman–Crippen MR) is 76.0 cm³/mol. The predicted octanol–water partition coefficient (Wildman–Crippen LogP) is 5.04. The maximum Gasteiger partial charge on any atom is 0.249 e. The summed E-state index contributed by atoms with van der Waals surface area (Å²) in [5, 5.41) is 0.265. The van der Waals surface area contributed by atoms with Crippen LogP contribution in [0.3, 0.4) is 0 Å². The Hall–Kier alpha value is -0.763. The second kappa shape index (κ2) is 6.09. The Morgan fingerprint density at radius 1 is 1.00 bits per heavy atom. The zero-order valence-corrected chi connectivity index (χ0v) is 12.8. The van der Waals surface area contributed by atoms with E-state index < -0.39 is 8.32 Å². The molecular formula is C14H26OSi. The van der Waals surface area contributed by atoms with E-state index in [1.807, 2.05) is 24.5 Å². The van der Waals surface area contributed by atoms with Crippen molar-refractivity contribution in [3.8, 4) is 0 Å². The molecule has 0 aromatic carbocycles. The van der Waals surface area contributed by atoms with Gasteiger partial charge >= 0.3 is 0 Å². The van der Waals surface area contributed by atoms with Crippen molar-refractivity contribution in [3.63, 3.8) is 0 Å². The number of rotatable bonds is 4. The highest BCUT2D eigenvalue weighted by atomic mass is 28.4. The van der Waals surface area contributed by atoms with E-state index in [0.717, 1.165) is 0 Å². The maximum absolute atomic E-state index is 5.89. The van der Waals surface area contributed by atoms with Crippen LogP contribution >= 0.6 is 0 Å². The molecule has 0 amide bonds. The monoisotopic (exact) mass is 238 g/mol. The molecule has 0 atom stereocenters. The highest BCUT2D eigenvalue weighted by molar-refractivity contribution is 6.74. The van der Waals surface area contributed by atoms with Gasteiger partial charge in [0.1, 0.15) is 0 Å². The Balaban J connectivity index is 4.21. The average molecular weight is 238 g/mol. The van der Waals surface area contributed by atoms with E-state index in [1.165, 1.54) is 5.57 Å². The lowest BCUT2D eigenvalue weighted by molar-refractivity contribution is 0.430. The van der Waals surface area contributed by atoms with Crippen molar-refractivity contribution in [1.82, 2.24) is 0 Å². The molecule has 0 radical (unpaired) electrons.